The summed E-state index contributed by atoms with van der Waals surface area (Å²) in [5, 5.41) is 18.1. The molecule has 0 aliphatic rings. The van der Waals surface area contributed by atoms with Gasteiger partial charge in [-0.3, -0.25) is 4.79 Å². The molecule has 0 unspecified atom stereocenters. The third kappa shape index (κ3) is 16.7. The monoisotopic (exact) mass is 383 g/mol. The Kier molecular flexibility index (Phi) is 17.4. The van der Waals surface area contributed by atoms with Gasteiger partial charge in [-0.1, -0.05) is 63.3 Å². The molecular weight excluding hydrogens is 342 g/mol. The second-order valence-electron chi connectivity index (χ2n) is 7.32. The lowest BCUT2D eigenvalue weighted by Crippen LogP contribution is -2.51. The van der Waals surface area contributed by atoms with E-state index in [9.17, 15) is 4.79 Å². The van der Waals surface area contributed by atoms with Crippen molar-refractivity contribution in [3.05, 3.63) is 24.3 Å². The number of rotatable bonds is 18. The summed E-state index contributed by atoms with van der Waals surface area (Å²) in [6, 6.07) is 0. The summed E-state index contributed by atoms with van der Waals surface area (Å²) in [6.07, 6.45) is 21.9. The molecule has 0 rings (SSSR count). The Morgan fingerprint density at radius 3 is 2.04 bits per heavy atom. The van der Waals surface area contributed by atoms with Gasteiger partial charge in [-0.25, -0.2) is 0 Å². The Morgan fingerprint density at radius 1 is 0.889 bits per heavy atom. The van der Waals surface area contributed by atoms with Crippen molar-refractivity contribution in [3.8, 4) is 0 Å². The molecule has 0 aliphatic carbocycles. The molecule has 0 aromatic heterocycles. The molecule has 0 amide bonds. The number of hydrogen-bond acceptors (Lipinski definition) is 5. The molecule has 158 valence electrons. The van der Waals surface area contributed by atoms with Gasteiger partial charge in [0.2, 0.25) is 0 Å². The van der Waals surface area contributed by atoms with Crippen LogP contribution >= 0.6 is 0 Å². The molecule has 0 fully saturated rings. The summed E-state index contributed by atoms with van der Waals surface area (Å²) in [5.74, 6) is -0.322. The molecule has 5 nitrogen and oxygen atoms in total. The molecule has 0 saturated heterocycles. The smallest absolute Gasteiger partial charge is 0.305 e. The highest BCUT2D eigenvalue weighted by atomic mass is 16.5. The molecular formula is C22H41NO4. The predicted molar refractivity (Wildman–Crippen MR) is 111 cm³/mol. The first-order valence-corrected chi connectivity index (χ1v) is 10.5. The average molecular weight is 384 g/mol. The number of nitrogens with two attached hydrogens (primary N) is 1. The quantitative estimate of drug-likeness (QED) is 0.189. The fourth-order valence-corrected chi connectivity index (χ4v) is 2.52. The molecule has 0 bridgehead atoms. The zero-order valence-corrected chi connectivity index (χ0v) is 17.2. The van der Waals surface area contributed by atoms with Crippen molar-refractivity contribution in [2.24, 2.45) is 5.73 Å². The molecule has 27 heavy (non-hydrogen) atoms. The fourth-order valence-electron chi connectivity index (χ4n) is 2.52. The Bertz CT molecular complexity index is 403. The van der Waals surface area contributed by atoms with Gasteiger partial charge in [-0.2, -0.15) is 0 Å². The minimum atomic E-state index is -1.24. The van der Waals surface area contributed by atoms with Crippen LogP contribution in [0.3, 0.4) is 0 Å². The third-order valence-electron chi connectivity index (χ3n) is 4.48. The van der Waals surface area contributed by atoms with Crippen molar-refractivity contribution in [2.75, 3.05) is 19.8 Å². The van der Waals surface area contributed by atoms with E-state index < -0.39 is 18.8 Å². The van der Waals surface area contributed by atoms with E-state index in [4.69, 9.17) is 20.7 Å². The first kappa shape index (κ1) is 25.8. The van der Waals surface area contributed by atoms with Gasteiger partial charge in [0.1, 0.15) is 6.61 Å². The van der Waals surface area contributed by atoms with Crippen LogP contribution in [0.25, 0.3) is 0 Å². The largest absolute Gasteiger partial charge is 0.464 e. The van der Waals surface area contributed by atoms with Crippen molar-refractivity contribution in [1.29, 1.82) is 0 Å². The lowest BCUT2D eigenvalue weighted by molar-refractivity contribution is -0.146. The summed E-state index contributed by atoms with van der Waals surface area (Å²) in [5.41, 5.74) is 4.40. The predicted octanol–water partition coefficient (Wildman–Crippen LogP) is 4.03. The van der Waals surface area contributed by atoms with Crippen LogP contribution in [0.15, 0.2) is 24.3 Å². The van der Waals surface area contributed by atoms with Crippen LogP contribution in [0.2, 0.25) is 0 Å². The van der Waals surface area contributed by atoms with Crippen molar-refractivity contribution in [2.45, 2.75) is 89.5 Å². The Balaban J connectivity index is 3.44. The number of allylic oxidation sites excluding steroid dienone is 4. The van der Waals surface area contributed by atoms with Gasteiger partial charge in [0, 0.05) is 6.42 Å². The Labute approximate surface area is 165 Å². The Hall–Kier alpha value is -1.17. The lowest BCUT2D eigenvalue weighted by atomic mass is 10.1. The van der Waals surface area contributed by atoms with Crippen LogP contribution in [0.5, 0.6) is 0 Å². The minimum Gasteiger partial charge on any atom is -0.464 e. The second-order valence-corrected chi connectivity index (χ2v) is 7.32. The van der Waals surface area contributed by atoms with Gasteiger partial charge in [-0.05, 0) is 38.5 Å². The highest BCUT2D eigenvalue weighted by Gasteiger charge is 2.25. The van der Waals surface area contributed by atoms with Crippen LogP contribution in [0.1, 0.15) is 84.0 Å². The molecule has 0 atom stereocenters. The molecule has 0 aromatic rings. The molecule has 0 heterocycles. The number of aliphatic hydroxyl groups excluding tert-OH is 2. The van der Waals surface area contributed by atoms with Gasteiger partial charge < -0.3 is 20.7 Å². The molecule has 0 saturated carbocycles. The van der Waals surface area contributed by atoms with Crippen molar-refractivity contribution in [3.63, 3.8) is 0 Å². The molecule has 0 aliphatic heterocycles. The number of carbonyl (C=O) groups excluding carboxylic acids is 1. The number of carbonyl (C=O) groups is 1. The van der Waals surface area contributed by atoms with Crippen LogP contribution in [-0.4, -0.2) is 41.5 Å². The highest BCUT2D eigenvalue weighted by Crippen LogP contribution is 2.09. The normalized spacial score (nSPS) is 12.3. The zero-order chi connectivity index (χ0) is 20.2. The van der Waals surface area contributed by atoms with Gasteiger partial charge in [0.15, 0.2) is 0 Å². The van der Waals surface area contributed by atoms with Crippen LogP contribution in [-0.2, 0) is 9.53 Å². The van der Waals surface area contributed by atoms with E-state index in [1.165, 1.54) is 38.5 Å². The van der Waals surface area contributed by atoms with Gasteiger partial charge in [0.25, 0.3) is 0 Å². The summed E-state index contributed by atoms with van der Waals surface area (Å²) in [6.45, 7) is 1.24. The molecule has 5 heteroatoms. The zero-order valence-electron chi connectivity index (χ0n) is 17.2. The number of esters is 1. The van der Waals surface area contributed by atoms with Gasteiger partial charge >= 0.3 is 5.97 Å². The first-order chi connectivity index (χ1) is 13.1. The second kappa shape index (κ2) is 18.2. The van der Waals surface area contributed by atoms with Crippen molar-refractivity contribution in [1.82, 2.24) is 0 Å². The van der Waals surface area contributed by atoms with Crippen LogP contribution in [0, 0.1) is 0 Å². The van der Waals surface area contributed by atoms with Gasteiger partial charge in [-0.15, -0.1) is 0 Å². The minimum absolute atomic E-state index is 0.154. The number of unbranched alkanes of at least 4 members (excludes halogenated alkanes) is 8. The van der Waals surface area contributed by atoms with E-state index in [0.717, 1.165) is 32.1 Å². The first-order valence-electron chi connectivity index (χ1n) is 10.5. The summed E-state index contributed by atoms with van der Waals surface area (Å²) in [4.78, 5) is 11.6. The summed E-state index contributed by atoms with van der Waals surface area (Å²) >= 11 is 0. The fraction of sp³-hybridized carbons (Fsp3) is 0.773. The molecule has 4 N–H and O–H groups in total. The summed E-state index contributed by atoms with van der Waals surface area (Å²) < 4.78 is 5.01. The van der Waals surface area contributed by atoms with E-state index in [1.807, 2.05) is 0 Å². The van der Waals surface area contributed by atoms with E-state index in [1.54, 1.807) is 0 Å². The van der Waals surface area contributed by atoms with E-state index in [-0.39, 0.29) is 12.6 Å². The van der Waals surface area contributed by atoms with Crippen LogP contribution in [0.4, 0.5) is 0 Å². The van der Waals surface area contributed by atoms with Crippen molar-refractivity contribution < 1.29 is 19.7 Å². The van der Waals surface area contributed by atoms with E-state index in [2.05, 4.69) is 31.2 Å². The lowest BCUT2D eigenvalue weighted by Gasteiger charge is -2.23. The third-order valence-corrected chi connectivity index (χ3v) is 4.48. The average Bonchev–Trinajstić information content (AvgIpc) is 2.69. The SMILES string of the molecule is CCCCC/C=C\C/C=C\CCCCCCCC(=O)OCC(N)(CO)CO. The number of hydrogen-bond donors (Lipinski definition) is 3. The van der Waals surface area contributed by atoms with Crippen LogP contribution < -0.4 is 5.73 Å². The standard InChI is InChI=1S/C22H41NO4/c1-2-3-4-5-6-7-8-9-10-11-12-13-14-15-16-17-21(26)27-20-22(23,18-24)19-25/h6-7,9-10,24-25H,2-5,8,11-20,23H2,1H3/b7-6-,10-9-. The molecule has 0 aromatic carbocycles. The van der Waals surface area contributed by atoms with E-state index >= 15 is 0 Å². The maximum Gasteiger partial charge on any atom is 0.305 e. The number of aliphatic hydroxyl groups is 2. The highest BCUT2D eigenvalue weighted by molar-refractivity contribution is 5.69. The number of ether oxygens (including phenoxy) is 1. The maximum atomic E-state index is 11.6. The molecule has 0 radical (unpaired) electrons. The topological polar surface area (TPSA) is 92.8 Å². The summed E-state index contributed by atoms with van der Waals surface area (Å²) in [7, 11) is 0. The maximum absolute atomic E-state index is 11.6. The van der Waals surface area contributed by atoms with Crippen molar-refractivity contribution >= 4 is 5.97 Å². The van der Waals surface area contributed by atoms with E-state index in [0.29, 0.717) is 6.42 Å². The molecule has 0 spiro atoms. The van der Waals surface area contributed by atoms with Gasteiger partial charge in [0.05, 0.1) is 18.8 Å². The Morgan fingerprint density at radius 2 is 1.44 bits per heavy atom.